The SMILES string of the molecule is C=C1CC[C@H]2[C@](C)(CCC[C@]2(C)C(=O)OC)[C@H]1CCc1ccoc1. The van der Waals surface area contributed by atoms with Gasteiger partial charge < -0.3 is 9.15 Å². The van der Waals surface area contributed by atoms with Crippen LogP contribution in [0.15, 0.2) is 35.2 Å². The first kappa shape index (κ1) is 17.3. The molecule has 0 spiro atoms. The molecule has 0 radical (unpaired) electrons. The molecule has 0 unspecified atom stereocenters. The summed E-state index contributed by atoms with van der Waals surface area (Å²) in [6.07, 6.45) is 11.0. The van der Waals surface area contributed by atoms with Gasteiger partial charge in [-0.15, -0.1) is 0 Å². The normalized spacial score (nSPS) is 36.2. The second-order valence-electron chi connectivity index (χ2n) is 8.24. The number of rotatable bonds is 4. The van der Waals surface area contributed by atoms with Crippen LogP contribution in [0.25, 0.3) is 0 Å². The molecule has 0 saturated heterocycles. The van der Waals surface area contributed by atoms with Crippen molar-refractivity contribution in [2.45, 2.75) is 58.8 Å². The van der Waals surface area contributed by atoms with Crippen LogP contribution in [0.3, 0.4) is 0 Å². The average molecular weight is 330 g/mol. The summed E-state index contributed by atoms with van der Waals surface area (Å²) in [6, 6.07) is 2.05. The van der Waals surface area contributed by atoms with Crippen molar-refractivity contribution >= 4 is 5.97 Å². The molecule has 0 N–H and O–H groups in total. The minimum Gasteiger partial charge on any atom is -0.472 e. The Morgan fingerprint density at radius 2 is 2.21 bits per heavy atom. The summed E-state index contributed by atoms with van der Waals surface area (Å²) >= 11 is 0. The third kappa shape index (κ3) is 2.72. The van der Waals surface area contributed by atoms with E-state index >= 15 is 0 Å². The lowest BCUT2D eigenvalue weighted by atomic mass is 9.46. The summed E-state index contributed by atoms with van der Waals surface area (Å²) in [4.78, 5) is 12.6. The zero-order valence-corrected chi connectivity index (χ0v) is 15.3. The minimum atomic E-state index is -0.351. The molecule has 4 atom stereocenters. The fourth-order valence-electron chi connectivity index (χ4n) is 5.71. The van der Waals surface area contributed by atoms with E-state index < -0.39 is 0 Å². The van der Waals surface area contributed by atoms with Gasteiger partial charge in [-0.3, -0.25) is 4.79 Å². The van der Waals surface area contributed by atoms with Crippen LogP contribution in [0.2, 0.25) is 0 Å². The van der Waals surface area contributed by atoms with Crippen molar-refractivity contribution in [3.05, 3.63) is 36.3 Å². The third-order valence-corrected chi connectivity index (χ3v) is 6.97. The zero-order valence-electron chi connectivity index (χ0n) is 15.3. The van der Waals surface area contributed by atoms with Crippen molar-refractivity contribution in [1.82, 2.24) is 0 Å². The van der Waals surface area contributed by atoms with E-state index in [1.165, 1.54) is 24.7 Å². The van der Waals surface area contributed by atoms with E-state index in [4.69, 9.17) is 9.15 Å². The number of aryl methyl sites for hydroxylation is 1. The average Bonchev–Trinajstić information content (AvgIpc) is 3.06. The van der Waals surface area contributed by atoms with Crippen LogP contribution in [0.1, 0.15) is 57.9 Å². The van der Waals surface area contributed by atoms with Gasteiger partial charge in [0, 0.05) is 0 Å². The van der Waals surface area contributed by atoms with Gasteiger partial charge in [0.05, 0.1) is 25.1 Å². The van der Waals surface area contributed by atoms with Gasteiger partial charge in [0.2, 0.25) is 0 Å². The molecule has 2 aliphatic carbocycles. The molecule has 3 rings (SSSR count). The Kier molecular flexibility index (Phi) is 4.63. The van der Waals surface area contributed by atoms with Gasteiger partial charge in [-0.1, -0.05) is 25.5 Å². The quantitative estimate of drug-likeness (QED) is 0.565. The Morgan fingerprint density at radius 3 is 2.88 bits per heavy atom. The summed E-state index contributed by atoms with van der Waals surface area (Å²) in [5.41, 5.74) is 2.41. The summed E-state index contributed by atoms with van der Waals surface area (Å²) in [6.45, 7) is 8.92. The number of esters is 1. The van der Waals surface area contributed by atoms with Crippen molar-refractivity contribution in [2.75, 3.05) is 7.11 Å². The van der Waals surface area contributed by atoms with Gasteiger partial charge in [-0.25, -0.2) is 0 Å². The highest BCUT2D eigenvalue weighted by Crippen LogP contribution is 2.62. The molecular weight excluding hydrogens is 300 g/mol. The number of carbonyl (C=O) groups is 1. The maximum absolute atomic E-state index is 12.6. The van der Waals surface area contributed by atoms with Crippen molar-refractivity contribution in [1.29, 1.82) is 0 Å². The van der Waals surface area contributed by atoms with Crippen LogP contribution in [-0.2, 0) is 16.0 Å². The molecule has 24 heavy (non-hydrogen) atoms. The monoisotopic (exact) mass is 330 g/mol. The molecule has 2 aliphatic rings. The Morgan fingerprint density at radius 1 is 1.42 bits per heavy atom. The molecule has 0 aromatic carbocycles. The molecule has 0 amide bonds. The Balaban J connectivity index is 1.86. The fourth-order valence-corrected chi connectivity index (χ4v) is 5.71. The van der Waals surface area contributed by atoms with Gasteiger partial charge in [0.1, 0.15) is 0 Å². The van der Waals surface area contributed by atoms with E-state index in [1.54, 1.807) is 6.26 Å². The van der Waals surface area contributed by atoms with E-state index in [0.29, 0.717) is 11.8 Å². The van der Waals surface area contributed by atoms with Gasteiger partial charge in [0.15, 0.2) is 0 Å². The molecule has 3 heteroatoms. The van der Waals surface area contributed by atoms with Crippen LogP contribution >= 0.6 is 0 Å². The molecule has 1 heterocycles. The number of ether oxygens (including phenoxy) is 1. The Bertz CT molecular complexity index is 603. The van der Waals surface area contributed by atoms with E-state index in [2.05, 4.69) is 20.4 Å². The third-order valence-electron chi connectivity index (χ3n) is 6.97. The summed E-state index contributed by atoms with van der Waals surface area (Å²) in [5.74, 6) is 0.820. The number of fused-ring (bicyclic) bond motifs is 1. The zero-order chi connectivity index (χ0) is 17.4. The summed E-state index contributed by atoms with van der Waals surface area (Å²) in [5, 5.41) is 0. The standard InChI is InChI=1S/C21H30O3/c1-15-6-9-18-20(2,11-5-12-21(18,3)19(22)23-4)17(15)8-7-16-10-13-24-14-16/h10,13-14,17-18H,1,5-9,11-12H2,2-4H3/t17-,18-,20+,21-/m0/s1. The topological polar surface area (TPSA) is 39.4 Å². The number of methoxy groups -OCH3 is 1. The first-order valence-corrected chi connectivity index (χ1v) is 9.19. The lowest BCUT2D eigenvalue weighted by Crippen LogP contribution is -2.53. The molecule has 2 saturated carbocycles. The second-order valence-corrected chi connectivity index (χ2v) is 8.24. The molecule has 3 nitrogen and oxygen atoms in total. The van der Waals surface area contributed by atoms with Crippen molar-refractivity contribution < 1.29 is 13.9 Å². The van der Waals surface area contributed by atoms with E-state index in [-0.39, 0.29) is 16.8 Å². The van der Waals surface area contributed by atoms with Gasteiger partial charge in [-0.2, -0.15) is 0 Å². The van der Waals surface area contributed by atoms with E-state index in [9.17, 15) is 4.79 Å². The smallest absolute Gasteiger partial charge is 0.311 e. The molecule has 1 aromatic rings. The van der Waals surface area contributed by atoms with E-state index in [0.717, 1.165) is 38.5 Å². The van der Waals surface area contributed by atoms with Crippen LogP contribution in [-0.4, -0.2) is 13.1 Å². The molecule has 132 valence electrons. The molecule has 2 fully saturated rings. The lowest BCUT2D eigenvalue weighted by Gasteiger charge is -2.57. The van der Waals surface area contributed by atoms with Crippen molar-refractivity contribution in [3.8, 4) is 0 Å². The Hall–Kier alpha value is -1.51. The van der Waals surface area contributed by atoms with Gasteiger partial charge in [0.25, 0.3) is 0 Å². The largest absolute Gasteiger partial charge is 0.472 e. The number of carbonyl (C=O) groups excluding carboxylic acids is 1. The predicted octanol–water partition coefficient (Wildman–Crippen LogP) is 5.16. The lowest BCUT2D eigenvalue weighted by molar-refractivity contribution is -0.168. The predicted molar refractivity (Wildman–Crippen MR) is 94.5 cm³/mol. The first-order valence-electron chi connectivity index (χ1n) is 9.19. The minimum absolute atomic E-state index is 0.0282. The van der Waals surface area contributed by atoms with Gasteiger partial charge >= 0.3 is 5.97 Å². The first-order chi connectivity index (χ1) is 11.4. The maximum atomic E-state index is 12.6. The summed E-state index contributed by atoms with van der Waals surface area (Å²) in [7, 11) is 1.53. The number of hydrogen-bond donors (Lipinski definition) is 0. The maximum Gasteiger partial charge on any atom is 0.311 e. The summed E-state index contributed by atoms with van der Waals surface area (Å²) < 4.78 is 10.4. The second kappa shape index (κ2) is 6.42. The van der Waals surface area contributed by atoms with E-state index in [1.807, 2.05) is 12.3 Å². The van der Waals surface area contributed by atoms with Gasteiger partial charge in [-0.05, 0) is 74.3 Å². The van der Waals surface area contributed by atoms with Crippen LogP contribution in [0, 0.1) is 22.7 Å². The number of hydrogen-bond acceptors (Lipinski definition) is 3. The number of allylic oxidation sites excluding steroid dienone is 1. The van der Waals surface area contributed by atoms with Crippen LogP contribution in [0.4, 0.5) is 0 Å². The molecular formula is C21H30O3. The van der Waals surface area contributed by atoms with Crippen molar-refractivity contribution in [2.24, 2.45) is 22.7 Å². The van der Waals surface area contributed by atoms with Crippen LogP contribution in [0.5, 0.6) is 0 Å². The molecule has 1 aromatic heterocycles. The highest BCUT2D eigenvalue weighted by Gasteiger charge is 2.57. The van der Waals surface area contributed by atoms with Crippen LogP contribution < -0.4 is 0 Å². The fraction of sp³-hybridized carbons (Fsp3) is 0.667. The van der Waals surface area contributed by atoms with Crippen molar-refractivity contribution in [3.63, 3.8) is 0 Å². The Labute approximate surface area is 145 Å². The highest BCUT2D eigenvalue weighted by molar-refractivity contribution is 5.77. The number of furan rings is 1. The molecule has 0 aliphatic heterocycles. The molecule has 0 bridgehead atoms. The highest BCUT2D eigenvalue weighted by atomic mass is 16.5.